The molecule has 1 saturated heterocycles. The van der Waals surface area contributed by atoms with Gasteiger partial charge in [-0.05, 0) is 12.8 Å². The van der Waals surface area contributed by atoms with Gasteiger partial charge in [-0.25, -0.2) is 8.42 Å². The van der Waals surface area contributed by atoms with E-state index in [9.17, 15) is 13.2 Å². The first kappa shape index (κ1) is 12.7. The highest BCUT2D eigenvalue weighted by atomic mass is 32.2. The van der Waals surface area contributed by atoms with Crippen LogP contribution in [0.5, 0.6) is 0 Å². The molecule has 3 N–H and O–H groups in total. The zero-order valence-electron chi connectivity index (χ0n) is 9.63. The zero-order chi connectivity index (χ0) is 12.8. The predicted octanol–water partition coefficient (Wildman–Crippen LogP) is -0.287. The van der Waals surface area contributed by atoms with Gasteiger partial charge in [-0.2, -0.15) is 4.31 Å². The van der Waals surface area contributed by atoms with Crippen molar-refractivity contribution in [1.82, 2.24) is 9.29 Å². The lowest BCUT2D eigenvalue weighted by Crippen LogP contribution is -2.32. The van der Waals surface area contributed by atoms with Gasteiger partial charge >= 0.3 is 4.87 Å². The number of aromatic amines is 1. The number of H-pyrrole nitrogens is 1. The molecule has 1 aliphatic rings. The maximum Gasteiger partial charge on any atom is 0.305 e. The summed E-state index contributed by atoms with van der Waals surface area (Å²) in [6.07, 6.45) is 0. The van der Waals surface area contributed by atoms with Crippen LogP contribution in [0.15, 0.2) is 9.00 Å². The summed E-state index contributed by atoms with van der Waals surface area (Å²) in [5, 5.41) is 0. The molecule has 1 aromatic rings. The minimum absolute atomic E-state index is 0.101. The standard InChI is InChI=1S/C9H15N3O3S2/c1-5-3-12(4-7(5)10)17(14,15)8-6(2)11-9(13)16-8/h5,7H,3-4,10H2,1-2H3,(H,11,13). The van der Waals surface area contributed by atoms with Crippen LogP contribution in [0.3, 0.4) is 0 Å². The van der Waals surface area contributed by atoms with Gasteiger partial charge in [-0.15, -0.1) is 0 Å². The van der Waals surface area contributed by atoms with Crippen molar-refractivity contribution in [3.63, 3.8) is 0 Å². The molecule has 0 aliphatic carbocycles. The van der Waals surface area contributed by atoms with Crippen LogP contribution in [0.2, 0.25) is 0 Å². The van der Waals surface area contributed by atoms with Crippen molar-refractivity contribution in [2.75, 3.05) is 13.1 Å². The van der Waals surface area contributed by atoms with Gasteiger partial charge in [0.2, 0.25) is 0 Å². The largest absolute Gasteiger partial charge is 0.326 e. The molecule has 1 aromatic heterocycles. The van der Waals surface area contributed by atoms with Crippen molar-refractivity contribution in [1.29, 1.82) is 0 Å². The monoisotopic (exact) mass is 277 g/mol. The lowest BCUT2D eigenvalue weighted by atomic mass is 10.1. The molecule has 0 saturated carbocycles. The average molecular weight is 277 g/mol. The Kier molecular flexibility index (Phi) is 3.15. The molecule has 96 valence electrons. The summed E-state index contributed by atoms with van der Waals surface area (Å²) < 4.78 is 26.0. The summed E-state index contributed by atoms with van der Waals surface area (Å²) in [6.45, 7) is 4.24. The second-order valence-corrected chi connectivity index (χ2v) is 7.51. The predicted molar refractivity (Wildman–Crippen MR) is 65.6 cm³/mol. The number of sulfonamides is 1. The van der Waals surface area contributed by atoms with Crippen molar-refractivity contribution in [3.05, 3.63) is 15.4 Å². The summed E-state index contributed by atoms with van der Waals surface area (Å²) in [4.78, 5) is 13.3. The molecule has 2 unspecified atom stereocenters. The Labute approximate surface area is 103 Å². The molecule has 1 aliphatic heterocycles. The Balaban J connectivity index is 2.38. The lowest BCUT2D eigenvalue weighted by Gasteiger charge is -2.14. The number of aryl methyl sites for hydroxylation is 1. The molecular formula is C9H15N3O3S2. The summed E-state index contributed by atoms with van der Waals surface area (Å²) in [7, 11) is -3.57. The Morgan fingerprint density at radius 2 is 2.12 bits per heavy atom. The molecule has 17 heavy (non-hydrogen) atoms. The van der Waals surface area contributed by atoms with Gasteiger partial charge in [0.25, 0.3) is 10.0 Å². The molecule has 1 fully saturated rings. The van der Waals surface area contributed by atoms with Crippen LogP contribution in [0.4, 0.5) is 0 Å². The smallest absolute Gasteiger partial charge is 0.305 e. The van der Waals surface area contributed by atoms with Crippen LogP contribution >= 0.6 is 11.3 Å². The van der Waals surface area contributed by atoms with E-state index in [1.807, 2.05) is 6.92 Å². The summed E-state index contributed by atoms with van der Waals surface area (Å²) in [5.74, 6) is 0.140. The lowest BCUT2D eigenvalue weighted by molar-refractivity contribution is 0.465. The Morgan fingerprint density at radius 1 is 1.47 bits per heavy atom. The van der Waals surface area contributed by atoms with Crippen molar-refractivity contribution >= 4 is 21.4 Å². The third kappa shape index (κ3) is 2.17. The fourth-order valence-corrected chi connectivity index (χ4v) is 4.91. The van der Waals surface area contributed by atoms with E-state index < -0.39 is 10.0 Å². The second-order valence-electron chi connectivity index (χ2n) is 4.39. The van der Waals surface area contributed by atoms with Crippen LogP contribution in [-0.2, 0) is 10.0 Å². The number of rotatable bonds is 2. The van der Waals surface area contributed by atoms with Gasteiger partial charge in [-0.3, -0.25) is 4.79 Å². The van der Waals surface area contributed by atoms with Crippen LogP contribution in [0, 0.1) is 12.8 Å². The quantitative estimate of drug-likeness (QED) is 0.776. The molecule has 0 amide bonds. The van der Waals surface area contributed by atoms with Gasteiger partial charge in [-0.1, -0.05) is 18.3 Å². The molecule has 0 bridgehead atoms. The molecule has 2 rings (SSSR count). The van der Waals surface area contributed by atoms with Gasteiger partial charge in [0.05, 0.1) is 0 Å². The molecule has 0 spiro atoms. The number of nitrogens with one attached hydrogen (secondary N) is 1. The SMILES string of the molecule is Cc1[nH]c(=O)sc1S(=O)(=O)N1CC(C)C(N)C1. The van der Waals surface area contributed by atoms with E-state index in [0.29, 0.717) is 18.8 Å². The number of nitrogens with two attached hydrogens (primary N) is 1. The van der Waals surface area contributed by atoms with E-state index in [-0.39, 0.29) is 21.0 Å². The number of hydrogen-bond acceptors (Lipinski definition) is 5. The van der Waals surface area contributed by atoms with Crippen molar-refractivity contribution in [2.24, 2.45) is 11.7 Å². The first-order valence-corrected chi connectivity index (χ1v) is 7.53. The normalized spacial score (nSPS) is 26.5. The van der Waals surface area contributed by atoms with E-state index in [1.54, 1.807) is 6.92 Å². The van der Waals surface area contributed by atoms with Crippen LogP contribution in [-0.4, -0.2) is 36.8 Å². The highest BCUT2D eigenvalue weighted by Gasteiger charge is 2.37. The maximum absolute atomic E-state index is 12.3. The fraction of sp³-hybridized carbons (Fsp3) is 0.667. The van der Waals surface area contributed by atoms with E-state index in [4.69, 9.17) is 5.73 Å². The molecule has 2 heterocycles. The highest BCUT2D eigenvalue weighted by molar-refractivity contribution is 7.91. The van der Waals surface area contributed by atoms with E-state index in [1.165, 1.54) is 4.31 Å². The number of nitrogens with zero attached hydrogens (tertiary/aromatic N) is 1. The summed E-state index contributed by atoms with van der Waals surface area (Å²) in [6, 6.07) is -0.138. The van der Waals surface area contributed by atoms with Crippen molar-refractivity contribution in [2.45, 2.75) is 24.1 Å². The maximum atomic E-state index is 12.3. The minimum Gasteiger partial charge on any atom is -0.326 e. The summed E-state index contributed by atoms with van der Waals surface area (Å²) >= 11 is 0.729. The van der Waals surface area contributed by atoms with Crippen molar-refractivity contribution < 1.29 is 8.42 Å². The summed E-state index contributed by atoms with van der Waals surface area (Å²) in [5.41, 5.74) is 6.21. The Morgan fingerprint density at radius 3 is 2.53 bits per heavy atom. The first-order valence-electron chi connectivity index (χ1n) is 5.28. The van der Waals surface area contributed by atoms with E-state index in [2.05, 4.69) is 4.98 Å². The van der Waals surface area contributed by atoms with E-state index in [0.717, 1.165) is 11.3 Å². The molecular weight excluding hydrogens is 262 g/mol. The fourth-order valence-electron chi connectivity index (χ4n) is 1.90. The minimum atomic E-state index is -3.57. The Hall–Kier alpha value is -0.700. The molecule has 8 heteroatoms. The Bertz CT molecular complexity index is 565. The van der Waals surface area contributed by atoms with Gasteiger partial charge < -0.3 is 10.7 Å². The number of thiazole rings is 1. The molecule has 6 nitrogen and oxygen atoms in total. The average Bonchev–Trinajstić information content (AvgIpc) is 2.72. The topological polar surface area (TPSA) is 96.3 Å². The number of aromatic nitrogens is 1. The van der Waals surface area contributed by atoms with Crippen LogP contribution in [0.25, 0.3) is 0 Å². The molecule has 0 aromatic carbocycles. The van der Waals surface area contributed by atoms with Crippen molar-refractivity contribution in [3.8, 4) is 0 Å². The highest BCUT2D eigenvalue weighted by Crippen LogP contribution is 2.26. The third-order valence-electron chi connectivity index (χ3n) is 2.99. The van der Waals surface area contributed by atoms with Crippen LogP contribution in [0.1, 0.15) is 12.6 Å². The second kappa shape index (κ2) is 4.20. The van der Waals surface area contributed by atoms with Crippen LogP contribution < -0.4 is 10.6 Å². The zero-order valence-corrected chi connectivity index (χ0v) is 11.3. The van der Waals surface area contributed by atoms with Gasteiger partial charge in [0.15, 0.2) is 4.21 Å². The first-order chi connectivity index (χ1) is 7.82. The molecule has 2 atom stereocenters. The van der Waals surface area contributed by atoms with Gasteiger partial charge in [0.1, 0.15) is 0 Å². The number of hydrogen-bond donors (Lipinski definition) is 2. The van der Waals surface area contributed by atoms with E-state index >= 15 is 0 Å². The van der Waals surface area contributed by atoms with Gasteiger partial charge in [0, 0.05) is 24.8 Å². The third-order valence-corrected chi connectivity index (χ3v) is 6.41. The molecule has 0 radical (unpaired) electrons.